The predicted octanol–water partition coefficient (Wildman–Crippen LogP) is 7.16. The third-order valence-electron chi connectivity index (χ3n) is 4.11. The zero-order valence-electron chi connectivity index (χ0n) is 16.3. The van der Waals surface area contributed by atoms with E-state index in [0.717, 1.165) is 21.2 Å². The van der Waals surface area contributed by atoms with E-state index in [0.29, 0.717) is 27.0 Å². The minimum Gasteiger partial charge on any atom is -0.487 e. The van der Waals surface area contributed by atoms with Gasteiger partial charge in [-0.2, -0.15) is 5.10 Å². The Hall–Kier alpha value is -2.23. The lowest BCUT2D eigenvalue weighted by molar-refractivity contribution is 0.252. The number of aryl methyl sites for hydroxylation is 1. The van der Waals surface area contributed by atoms with Crippen LogP contribution in [-0.4, -0.2) is 12.2 Å². The Morgan fingerprint density at radius 3 is 2.35 bits per heavy atom. The zero-order chi connectivity index (χ0) is 22.4. The number of ether oxygens (including phenoxy) is 1. The van der Waals surface area contributed by atoms with Gasteiger partial charge in [-0.25, -0.2) is 14.6 Å². The number of rotatable bonds is 6. The summed E-state index contributed by atoms with van der Waals surface area (Å²) in [6, 6.07) is 14.8. The van der Waals surface area contributed by atoms with E-state index in [9.17, 15) is 9.18 Å². The van der Waals surface area contributed by atoms with E-state index >= 15 is 0 Å². The molecule has 0 atom stereocenters. The number of anilines is 1. The highest BCUT2D eigenvalue weighted by molar-refractivity contribution is 9.11. The van der Waals surface area contributed by atoms with Crippen molar-refractivity contribution in [1.82, 2.24) is 5.43 Å². The summed E-state index contributed by atoms with van der Waals surface area (Å²) in [6.45, 7) is 2.23. The molecule has 0 aliphatic rings. The fraction of sp³-hybridized carbons (Fsp3) is 0.0909. The molecule has 0 aliphatic heterocycles. The van der Waals surface area contributed by atoms with Gasteiger partial charge in [-0.15, -0.1) is 0 Å². The second kappa shape index (κ2) is 10.9. The molecule has 0 saturated heterocycles. The van der Waals surface area contributed by atoms with E-state index in [1.165, 1.54) is 18.3 Å². The second-order valence-corrected chi connectivity index (χ2v) is 9.08. The third kappa shape index (κ3) is 6.88. The molecule has 2 amide bonds. The first-order valence-electron chi connectivity index (χ1n) is 9.04. The van der Waals surface area contributed by atoms with Crippen LogP contribution in [0.2, 0.25) is 0 Å². The molecule has 0 radical (unpaired) electrons. The number of carbonyl (C=O) groups excluding carboxylic acids is 1. The summed E-state index contributed by atoms with van der Waals surface area (Å²) in [5.41, 5.74) is 5.71. The maximum absolute atomic E-state index is 13.0. The SMILES string of the molecule is Cc1cc(NC(=O)N/N=C/c2cc(Br)c(OCc3ccc(F)cc3)c(Br)c2)ccc1Br. The molecule has 160 valence electrons. The Balaban J connectivity index is 1.58. The molecule has 0 spiro atoms. The first kappa shape index (κ1) is 23.4. The lowest BCUT2D eigenvalue weighted by Crippen LogP contribution is -2.24. The minimum absolute atomic E-state index is 0.288. The molecule has 0 unspecified atom stereocenters. The zero-order valence-corrected chi connectivity index (χ0v) is 21.0. The summed E-state index contributed by atoms with van der Waals surface area (Å²) in [6.07, 6.45) is 1.52. The van der Waals surface area contributed by atoms with Gasteiger partial charge >= 0.3 is 6.03 Å². The summed E-state index contributed by atoms with van der Waals surface area (Å²) in [7, 11) is 0. The van der Waals surface area contributed by atoms with Gasteiger partial charge in [0.2, 0.25) is 0 Å². The van der Waals surface area contributed by atoms with E-state index in [2.05, 4.69) is 63.6 Å². The predicted molar refractivity (Wildman–Crippen MR) is 131 cm³/mol. The standard InChI is InChI=1S/C22H17Br3FN3O2/c1-13-8-17(6-7-18(13)23)28-22(30)29-27-11-15-9-19(24)21(20(25)10-15)31-12-14-2-4-16(26)5-3-14/h2-11H,12H2,1H3,(H2,28,29,30)/b27-11+. The minimum atomic E-state index is -0.449. The molecule has 0 aromatic heterocycles. The van der Waals surface area contributed by atoms with Crippen molar-refractivity contribution in [2.75, 3.05) is 5.32 Å². The van der Waals surface area contributed by atoms with Gasteiger partial charge < -0.3 is 10.1 Å². The highest BCUT2D eigenvalue weighted by Gasteiger charge is 2.09. The van der Waals surface area contributed by atoms with Crippen LogP contribution < -0.4 is 15.5 Å². The van der Waals surface area contributed by atoms with Crippen molar-refractivity contribution in [3.05, 3.63) is 90.5 Å². The second-order valence-electron chi connectivity index (χ2n) is 6.52. The van der Waals surface area contributed by atoms with Gasteiger partial charge in [0.05, 0.1) is 15.2 Å². The van der Waals surface area contributed by atoms with Crippen LogP contribution >= 0.6 is 47.8 Å². The Morgan fingerprint density at radius 1 is 1.03 bits per heavy atom. The number of hydrazone groups is 1. The number of amides is 2. The van der Waals surface area contributed by atoms with E-state index in [1.807, 2.05) is 31.2 Å². The number of nitrogens with zero attached hydrogens (tertiary/aromatic N) is 1. The molecular weight excluding hydrogens is 597 g/mol. The van der Waals surface area contributed by atoms with E-state index in [4.69, 9.17) is 4.74 Å². The smallest absolute Gasteiger partial charge is 0.339 e. The summed E-state index contributed by atoms with van der Waals surface area (Å²) in [4.78, 5) is 12.0. The van der Waals surface area contributed by atoms with Gasteiger partial charge in [0.15, 0.2) is 0 Å². The van der Waals surface area contributed by atoms with Gasteiger partial charge in [0, 0.05) is 10.2 Å². The molecule has 9 heteroatoms. The lowest BCUT2D eigenvalue weighted by Gasteiger charge is -2.11. The molecule has 5 nitrogen and oxygen atoms in total. The number of hydrogen-bond donors (Lipinski definition) is 2. The van der Waals surface area contributed by atoms with Crippen LogP contribution in [0, 0.1) is 12.7 Å². The summed E-state index contributed by atoms with van der Waals surface area (Å²) < 4.78 is 21.2. The maximum Gasteiger partial charge on any atom is 0.339 e. The molecule has 0 saturated carbocycles. The van der Waals surface area contributed by atoms with E-state index in [-0.39, 0.29) is 5.82 Å². The number of nitrogens with one attached hydrogen (secondary N) is 2. The van der Waals surface area contributed by atoms with Gasteiger partial charge in [-0.05, 0) is 97.9 Å². The van der Waals surface area contributed by atoms with Gasteiger partial charge in [-0.1, -0.05) is 28.1 Å². The van der Waals surface area contributed by atoms with Crippen molar-refractivity contribution < 1.29 is 13.9 Å². The normalized spacial score (nSPS) is 10.9. The fourth-order valence-corrected chi connectivity index (χ4v) is 4.27. The molecule has 3 rings (SSSR count). The molecule has 31 heavy (non-hydrogen) atoms. The Bertz CT molecular complexity index is 1100. The molecule has 0 bridgehead atoms. The van der Waals surface area contributed by atoms with Crippen molar-refractivity contribution in [2.45, 2.75) is 13.5 Å². The fourth-order valence-electron chi connectivity index (χ4n) is 2.57. The Labute approximate surface area is 204 Å². The highest BCUT2D eigenvalue weighted by Crippen LogP contribution is 2.35. The van der Waals surface area contributed by atoms with Crippen LogP contribution in [0.3, 0.4) is 0 Å². The van der Waals surface area contributed by atoms with Crippen molar-refractivity contribution in [1.29, 1.82) is 0 Å². The molecule has 2 N–H and O–H groups in total. The third-order valence-corrected chi connectivity index (χ3v) is 6.18. The van der Waals surface area contributed by atoms with Gasteiger partial charge in [0.25, 0.3) is 0 Å². The largest absolute Gasteiger partial charge is 0.487 e. The monoisotopic (exact) mass is 611 g/mol. The van der Waals surface area contributed by atoms with Crippen LogP contribution in [0.25, 0.3) is 0 Å². The topological polar surface area (TPSA) is 62.7 Å². The van der Waals surface area contributed by atoms with E-state index in [1.54, 1.807) is 18.2 Å². The van der Waals surface area contributed by atoms with Crippen molar-refractivity contribution in [2.24, 2.45) is 5.10 Å². The van der Waals surface area contributed by atoms with Crippen LogP contribution in [-0.2, 0) is 6.61 Å². The first-order valence-corrected chi connectivity index (χ1v) is 11.4. The molecule has 3 aromatic rings. The Kier molecular flexibility index (Phi) is 8.22. The van der Waals surface area contributed by atoms with Gasteiger partial charge in [-0.3, -0.25) is 0 Å². The Morgan fingerprint density at radius 2 is 1.71 bits per heavy atom. The number of halogens is 4. The molecule has 3 aromatic carbocycles. The molecule has 0 fully saturated rings. The quantitative estimate of drug-likeness (QED) is 0.229. The van der Waals surface area contributed by atoms with E-state index < -0.39 is 6.03 Å². The summed E-state index contributed by atoms with van der Waals surface area (Å²) in [5.74, 6) is 0.321. The number of hydrogen-bond acceptors (Lipinski definition) is 3. The van der Waals surface area contributed by atoms with Crippen LogP contribution in [0.5, 0.6) is 5.75 Å². The molecule has 0 heterocycles. The van der Waals surface area contributed by atoms with Crippen LogP contribution in [0.4, 0.5) is 14.9 Å². The molecular formula is C22H17Br3FN3O2. The van der Waals surface area contributed by atoms with Crippen LogP contribution in [0.1, 0.15) is 16.7 Å². The van der Waals surface area contributed by atoms with Crippen molar-refractivity contribution >= 4 is 65.7 Å². The lowest BCUT2D eigenvalue weighted by atomic mass is 10.2. The van der Waals surface area contributed by atoms with Crippen molar-refractivity contribution in [3.8, 4) is 5.75 Å². The number of urea groups is 1. The average molecular weight is 614 g/mol. The number of carbonyl (C=O) groups is 1. The maximum atomic E-state index is 13.0. The summed E-state index contributed by atoms with van der Waals surface area (Å²) in [5, 5.41) is 6.69. The highest BCUT2D eigenvalue weighted by atomic mass is 79.9. The van der Waals surface area contributed by atoms with Crippen LogP contribution in [0.15, 0.2) is 73.1 Å². The number of benzene rings is 3. The first-order chi connectivity index (χ1) is 14.8. The van der Waals surface area contributed by atoms with Crippen molar-refractivity contribution in [3.63, 3.8) is 0 Å². The average Bonchev–Trinajstić information content (AvgIpc) is 2.71. The van der Waals surface area contributed by atoms with Gasteiger partial charge in [0.1, 0.15) is 18.2 Å². The summed E-state index contributed by atoms with van der Waals surface area (Å²) >= 11 is 10.4. The molecule has 0 aliphatic carbocycles.